The molecule has 1 fully saturated rings. The number of rotatable bonds is 3. The fourth-order valence-electron chi connectivity index (χ4n) is 2.96. The van der Waals surface area contributed by atoms with Gasteiger partial charge in [0.2, 0.25) is 0 Å². The van der Waals surface area contributed by atoms with Crippen LogP contribution in [0.15, 0.2) is 29.3 Å². The second-order valence-corrected chi connectivity index (χ2v) is 6.01. The quantitative estimate of drug-likeness (QED) is 0.676. The van der Waals surface area contributed by atoms with Crippen LogP contribution in [0.1, 0.15) is 30.7 Å². The molecule has 1 atom stereocenters. The Labute approximate surface area is 121 Å². The van der Waals surface area contributed by atoms with E-state index in [0.29, 0.717) is 17.9 Å². The molecule has 0 bridgehead atoms. The maximum atomic E-state index is 6.09. The van der Waals surface area contributed by atoms with Gasteiger partial charge in [0.15, 0.2) is 5.96 Å². The lowest BCUT2D eigenvalue weighted by molar-refractivity contribution is 0.484. The molecule has 0 aromatic heterocycles. The van der Waals surface area contributed by atoms with E-state index in [4.69, 9.17) is 5.73 Å². The lowest BCUT2D eigenvalue weighted by Gasteiger charge is -2.32. The van der Waals surface area contributed by atoms with Crippen LogP contribution in [0.3, 0.4) is 0 Å². The van der Waals surface area contributed by atoms with Gasteiger partial charge in [0.05, 0.1) is 0 Å². The third kappa shape index (κ3) is 2.60. The lowest BCUT2D eigenvalue weighted by Crippen LogP contribution is -2.36. The Kier molecular flexibility index (Phi) is 3.55. The molecule has 1 aliphatic heterocycles. The van der Waals surface area contributed by atoms with Crippen molar-refractivity contribution in [3.8, 4) is 0 Å². The Hall–Kier alpha value is -1.71. The van der Waals surface area contributed by atoms with Gasteiger partial charge in [-0.25, -0.2) is 0 Å². The molecule has 0 radical (unpaired) electrons. The summed E-state index contributed by atoms with van der Waals surface area (Å²) in [7, 11) is 4.21. The van der Waals surface area contributed by atoms with Gasteiger partial charge in [0.25, 0.3) is 0 Å². The van der Waals surface area contributed by atoms with E-state index < -0.39 is 0 Å². The molecule has 3 rings (SSSR count). The van der Waals surface area contributed by atoms with Crippen LogP contribution in [0.4, 0.5) is 5.69 Å². The first kappa shape index (κ1) is 13.3. The van der Waals surface area contributed by atoms with Gasteiger partial charge in [-0.1, -0.05) is 18.2 Å². The summed E-state index contributed by atoms with van der Waals surface area (Å²) in [6.07, 6.45) is 3.66. The minimum atomic E-state index is 0.494. The van der Waals surface area contributed by atoms with Gasteiger partial charge < -0.3 is 15.5 Å². The van der Waals surface area contributed by atoms with Crippen LogP contribution < -0.4 is 10.6 Å². The predicted octanol–water partition coefficient (Wildman–Crippen LogP) is 2.02. The zero-order valence-corrected chi connectivity index (χ0v) is 12.4. The number of aliphatic imine (C=N–C) groups is 1. The summed E-state index contributed by atoms with van der Waals surface area (Å²) in [4.78, 5) is 9.09. The van der Waals surface area contributed by atoms with Gasteiger partial charge in [-0.15, -0.1) is 0 Å². The van der Waals surface area contributed by atoms with Crippen LogP contribution in [0.2, 0.25) is 0 Å². The maximum Gasteiger partial charge on any atom is 0.191 e. The number of hydrogen-bond donors (Lipinski definition) is 1. The number of benzene rings is 1. The molecule has 0 unspecified atom stereocenters. The normalized spacial score (nSPS) is 22.6. The average Bonchev–Trinajstić information content (AvgIpc) is 3.30. The number of nitrogens with two attached hydrogens (primary N) is 1. The first-order valence-corrected chi connectivity index (χ1v) is 7.49. The average molecular weight is 272 g/mol. The van der Waals surface area contributed by atoms with Crippen LogP contribution in [-0.4, -0.2) is 44.1 Å². The standard InChI is InChI=1S/C16H24N4/c1-19-10-9-12(14-5-3-4-6-15(14)19)11-18-16(17)20(2)13-7-8-13/h3-6,12-13H,7-11H2,1-2H3,(H2,17,18)/t12-/m1/s1. The van der Waals surface area contributed by atoms with Crippen molar-refractivity contribution in [2.75, 3.05) is 32.1 Å². The van der Waals surface area contributed by atoms with Crippen LogP contribution >= 0.6 is 0 Å². The highest BCUT2D eigenvalue weighted by Gasteiger charge is 2.28. The smallest absolute Gasteiger partial charge is 0.191 e. The summed E-state index contributed by atoms with van der Waals surface area (Å²) in [5, 5.41) is 0. The molecule has 1 aromatic carbocycles. The first-order valence-electron chi connectivity index (χ1n) is 7.49. The molecule has 20 heavy (non-hydrogen) atoms. The molecular formula is C16H24N4. The number of guanidine groups is 1. The van der Waals surface area contributed by atoms with Crippen molar-refractivity contribution < 1.29 is 0 Å². The summed E-state index contributed by atoms with van der Waals surface area (Å²) < 4.78 is 0. The molecule has 1 aliphatic carbocycles. The Morgan fingerprint density at radius 2 is 2.10 bits per heavy atom. The molecular weight excluding hydrogens is 248 g/mol. The van der Waals surface area contributed by atoms with Gasteiger partial charge in [-0.3, -0.25) is 4.99 Å². The van der Waals surface area contributed by atoms with E-state index in [9.17, 15) is 0 Å². The molecule has 0 spiro atoms. The van der Waals surface area contributed by atoms with Crippen LogP contribution in [0, 0.1) is 0 Å². The van der Waals surface area contributed by atoms with E-state index in [-0.39, 0.29) is 0 Å². The second kappa shape index (κ2) is 5.35. The Balaban J connectivity index is 1.72. The van der Waals surface area contributed by atoms with Gasteiger partial charge in [-0.2, -0.15) is 0 Å². The number of para-hydroxylation sites is 1. The molecule has 4 heteroatoms. The summed E-state index contributed by atoms with van der Waals surface area (Å²) in [5.41, 5.74) is 8.84. The fraction of sp³-hybridized carbons (Fsp3) is 0.562. The minimum Gasteiger partial charge on any atom is -0.374 e. The summed E-state index contributed by atoms with van der Waals surface area (Å²) in [5.74, 6) is 1.19. The van der Waals surface area contributed by atoms with E-state index in [0.717, 1.165) is 19.5 Å². The first-order chi connectivity index (χ1) is 9.66. The molecule has 2 N–H and O–H groups in total. The van der Waals surface area contributed by atoms with Crippen LogP contribution in [0.25, 0.3) is 0 Å². The number of anilines is 1. The van der Waals surface area contributed by atoms with Crippen molar-refractivity contribution >= 4 is 11.6 Å². The molecule has 1 aromatic rings. The van der Waals surface area contributed by atoms with E-state index in [1.807, 2.05) is 0 Å². The second-order valence-electron chi connectivity index (χ2n) is 6.01. The SMILES string of the molecule is CN1CC[C@H](CN=C(N)N(C)C2CC2)c2ccccc21. The zero-order valence-electron chi connectivity index (χ0n) is 12.4. The number of hydrogen-bond acceptors (Lipinski definition) is 2. The molecule has 1 heterocycles. The van der Waals surface area contributed by atoms with E-state index in [1.165, 1.54) is 24.1 Å². The number of fused-ring (bicyclic) bond motifs is 1. The minimum absolute atomic E-state index is 0.494. The van der Waals surface area contributed by atoms with Crippen molar-refractivity contribution in [2.45, 2.75) is 31.2 Å². The van der Waals surface area contributed by atoms with Crippen molar-refractivity contribution in [1.82, 2.24) is 4.90 Å². The Morgan fingerprint density at radius 3 is 2.85 bits per heavy atom. The molecule has 0 saturated heterocycles. The number of nitrogens with zero attached hydrogens (tertiary/aromatic N) is 3. The van der Waals surface area contributed by atoms with Gasteiger partial charge >= 0.3 is 0 Å². The van der Waals surface area contributed by atoms with E-state index in [1.54, 1.807) is 0 Å². The van der Waals surface area contributed by atoms with E-state index >= 15 is 0 Å². The monoisotopic (exact) mass is 272 g/mol. The summed E-state index contributed by atoms with van der Waals surface area (Å²) in [6.45, 7) is 1.89. The van der Waals surface area contributed by atoms with Crippen molar-refractivity contribution in [3.63, 3.8) is 0 Å². The van der Waals surface area contributed by atoms with Crippen molar-refractivity contribution in [3.05, 3.63) is 29.8 Å². The molecule has 4 nitrogen and oxygen atoms in total. The predicted molar refractivity (Wildman–Crippen MR) is 84.3 cm³/mol. The fourth-order valence-corrected chi connectivity index (χ4v) is 2.96. The van der Waals surface area contributed by atoms with Gasteiger partial charge in [0.1, 0.15) is 0 Å². The molecule has 108 valence electrons. The van der Waals surface area contributed by atoms with E-state index in [2.05, 4.69) is 53.2 Å². The third-order valence-electron chi connectivity index (χ3n) is 4.53. The van der Waals surface area contributed by atoms with Gasteiger partial charge in [-0.05, 0) is 30.9 Å². The van der Waals surface area contributed by atoms with Crippen LogP contribution in [0.5, 0.6) is 0 Å². The molecule has 0 amide bonds. The largest absolute Gasteiger partial charge is 0.374 e. The molecule has 2 aliphatic rings. The maximum absolute atomic E-state index is 6.09. The van der Waals surface area contributed by atoms with Crippen molar-refractivity contribution in [1.29, 1.82) is 0 Å². The zero-order chi connectivity index (χ0) is 14.1. The highest BCUT2D eigenvalue weighted by Crippen LogP contribution is 2.34. The molecule has 1 saturated carbocycles. The topological polar surface area (TPSA) is 44.9 Å². The summed E-state index contributed by atoms with van der Waals surface area (Å²) in [6, 6.07) is 9.28. The third-order valence-corrected chi connectivity index (χ3v) is 4.53. The highest BCUT2D eigenvalue weighted by molar-refractivity contribution is 5.78. The van der Waals surface area contributed by atoms with Crippen molar-refractivity contribution in [2.24, 2.45) is 10.7 Å². The lowest BCUT2D eigenvalue weighted by atomic mass is 9.90. The highest BCUT2D eigenvalue weighted by atomic mass is 15.3. The Bertz CT molecular complexity index is 507. The Morgan fingerprint density at radius 1 is 1.35 bits per heavy atom. The van der Waals surface area contributed by atoms with Gasteiger partial charge in [0, 0.05) is 44.8 Å². The van der Waals surface area contributed by atoms with Crippen LogP contribution in [-0.2, 0) is 0 Å². The summed E-state index contributed by atoms with van der Waals surface area (Å²) >= 11 is 0.